The van der Waals surface area contributed by atoms with E-state index in [1.165, 1.54) is 4.90 Å². The van der Waals surface area contributed by atoms with Gasteiger partial charge in [-0.15, -0.1) is 20.4 Å². The molecule has 0 aliphatic heterocycles. The fourth-order valence-electron chi connectivity index (χ4n) is 3.07. The minimum Gasteiger partial charge on any atom is -0.459 e. The third-order valence-electron chi connectivity index (χ3n) is 4.34. The Hall–Kier alpha value is -3.26. The van der Waals surface area contributed by atoms with E-state index in [2.05, 4.69) is 27.3 Å². The maximum absolute atomic E-state index is 5.88. The highest BCUT2D eigenvalue weighted by Crippen LogP contribution is 2.19. The molecule has 0 saturated carbocycles. The Bertz CT molecular complexity index is 1020. The van der Waals surface area contributed by atoms with Crippen LogP contribution < -0.4 is 4.90 Å². The fraction of sp³-hybridized carbons (Fsp3) is 0.300. The van der Waals surface area contributed by atoms with Crippen molar-refractivity contribution in [1.82, 2.24) is 20.4 Å². The zero-order valence-corrected chi connectivity index (χ0v) is 15.9. The lowest BCUT2D eigenvalue weighted by atomic mass is 10.1. The Kier molecular flexibility index (Phi) is 5.29. The molecule has 3 aromatic heterocycles. The van der Waals surface area contributed by atoms with Gasteiger partial charge in [0.05, 0.1) is 12.8 Å². The van der Waals surface area contributed by atoms with Gasteiger partial charge in [0.15, 0.2) is 18.8 Å². The van der Waals surface area contributed by atoms with Crippen molar-refractivity contribution >= 4 is 0 Å². The summed E-state index contributed by atoms with van der Waals surface area (Å²) in [5, 5.41) is 16.6. The zero-order valence-electron chi connectivity index (χ0n) is 15.9. The van der Waals surface area contributed by atoms with Crippen molar-refractivity contribution in [2.24, 2.45) is 0 Å². The van der Waals surface area contributed by atoms with Crippen LogP contribution in [0.4, 0.5) is 0 Å². The number of aromatic nitrogens is 4. The van der Waals surface area contributed by atoms with E-state index in [-0.39, 0.29) is 0 Å². The summed E-state index contributed by atoms with van der Waals surface area (Å²) in [7, 11) is 0. The van der Waals surface area contributed by atoms with Crippen molar-refractivity contribution in [3.8, 4) is 23.1 Å². The maximum atomic E-state index is 5.88. The summed E-state index contributed by atoms with van der Waals surface area (Å²) < 4.78 is 16.9. The monoisotopic (exact) mass is 380 g/mol. The summed E-state index contributed by atoms with van der Waals surface area (Å²) >= 11 is 0. The number of nitrogens with zero attached hydrogens (tertiary/aromatic N) is 4. The highest BCUT2D eigenvalue weighted by atomic mass is 16.4. The van der Waals surface area contributed by atoms with Crippen molar-refractivity contribution in [3.63, 3.8) is 0 Å². The minimum atomic E-state index is 0.385. The normalized spacial score (nSPS) is 12.4. The molecule has 4 aromatic rings. The molecule has 0 aliphatic rings. The largest absolute Gasteiger partial charge is 0.459 e. The van der Waals surface area contributed by atoms with Crippen molar-refractivity contribution in [3.05, 3.63) is 60.0 Å². The van der Waals surface area contributed by atoms with Gasteiger partial charge in [0.2, 0.25) is 5.89 Å². The van der Waals surface area contributed by atoms with E-state index in [0.717, 1.165) is 24.1 Å². The molecule has 144 valence electrons. The van der Waals surface area contributed by atoms with Gasteiger partial charge in [0, 0.05) is 5.56 Å². The second kappa shape index (κ2) is 8.18. The quantitative estimate of drug-likeness (QED) is 0.502. The van der Waals surface area contributed by atoms with E-state index in [0.29, 0.717) is 42.4 Å². The first-order valence-electron chi connectivity index (χ1n) is 9.30. The number of rotatable bonds is 8. The number of aryl methyl sites for hydroxylation is 1. The van der Waals surface area contributed by atoms with Crippen LogP contribution in [0, 0.1) is 6.92 Å². The summed E-state index contributed by atoms with van der Waals surface area (Å²) in [5.41, 5.74) is 2.08. The second-order valence-electron chi connectivity index (χ2n) is 6.70. The molecule has 3 heterocycles. The first-order chi connectivity index (χ1) is 13.7. The van der Waals surface area contributed by atoms with Gasteiger partial charge in [0.1, 0.15) is 0 Å². The topological polar surface area (TPSA) is 95.4 Å². The molecule has 0 amide bonds. The molecule has 1 N–H and O–H groups in total. The molecule has 0 radical (unpaired) electrons. The van der Waals surface area contributed by atoms with E-state index >= 15 is 0 Å². The molecule has 1 atom stereocenters. The third-order valence-corrected chi connectivity index (χ3v) is 4.34. The molecule has 8 heteroatoms. The Morgan fingerprint density at radius 2 is 1.64 bits per heavy atom. The van der Waals surface area contributed by atoms with E-state index in [1.807, 2.05) is 31.2 Å². The number of nitrogens with one attached hydrogen (secondary N) is 1. The van der Waals surface area contributed by atoms with Crippen molar-refractivity contribution in [2.45, 2.75) is 33.4 Å². The molecule has 0 saturated heterocycles. The molecule has 0 bridgehead atoms. The van der Waals surface area contributed by atoms with Crippen LogP contribution in [0.3, 0.4) is 0 Å². The van der Waals surface area contributed by atoms with Crippen molar-refractivity contribution < 1.29 is 18.2 Å². The highest BCUT2D eigenvalue weighted by molar-refractivity contribution is 5.53. The fourth-order valence-corrected chi connectivity index (χ4v) is 3.07. The van der Waals surface area contributed by atoms with Gasteiger partial charge in [-0.25, -0.2) is 0 Å². The first kappa shape index (κ1) is 18.1. The zero-order chi connectivity index (χ0) is 19.3. The number of quaternary nitrogens is 1. The van der Waals surface area contributed by atoms with Crippen LogP contribution in [0.5, 0.6) is 0 Å². The molecule has 1 unspecified atom stereocenters. The Morgan fingerprint density at radius 3 is 2.32 bits per heavy atom. The molecule has 4 rings (SSSR count). The Morgan fingerprint density at radius 1 is 0.893 bits per heavy atom. The SMILES string of the molecule is CCC[NH+](Cc1nnc(-c2cccc(C)c2)o1)Cc1nnc(-c2ccco2)o1. The van der Waals surface area contributed by atoms with E-state index in [1.54, 1.807) is 18.4 Å². The minimum absolute atomic E-state index is 0.385. The van der Waals surface area contributed by atoms with Crippen molar-refractivity contribution in [2.75, 3.05) is 6.54 Å². The summed E-state index contributed by atoms with van der Waals surface area (Å²) in [6.07, 6.45) is 2.59. The number of furan rings is 1. The van der Waals surface area contributed by atoms with Crippen LogP contribution in [0.2, 0.25) is 0 Å². The Labute approximate surface area is 162 Å². The van der Waals surface area contributed by atoms with Gasteiger partial charge >= 0.3 is 0 Å². The lowest BCUT2D eigenvalue weighted by Gasteiger charge is -2.14. The second-order valence-corrected chi connectivity index (χ2v) is 6.70. The van der Waals surface area contributed by atoms with Crippen LogP contribution in [0.15, 0.2) is 55.9 Å². The molecular formula is C20H22N5O3+. The lowest BCUT2D eigenvalue weighted by Crippen LogP contribution is -3.09. The lowest BCUT2D eigenvalue weighted by molar-refractivity contribution is -0.930. The van der Waals surface area contributed by atoms with Gasteiger partial charge in [-0.3, -0.25) is 0 Å². The molecular weight excluding hydrogens is 358 g/mol. The molecule has 8 nitrogen and oxygen atoms in total. The molecule has 0 fully saturated rings. The number of benzene rings is 1. The maximum Gasteiger partial charge on any atom is 0.283 e. The van der Waals surface area contributed by atoms with E-state index in [4.69, 9.17) is 13.3 Å². The third kappa shape index (κ3) is 4.17. The first-order valence-corrected chi connectivity index (χ1v) is 9.30. The van der Waals surface area contributed by atoms with Gasteiger partial charge in [-0.1, -0.05) is 24.6 Å². The van der Waals surface area contributed by atoms with Gasteiger partial charge in [-0.2, -0.15) is 0 Å². The molecule has 0 aliphatic carbocycles. The summed E-state index contributed by atoms with van der Waals surface area (Å²) in [5.74, 6) is 2.62. The number of hydrogen-bond acceptors (Lipinski definition) is 7. The van der Waals surface area contributed by atoms with Gasteiger partial charge < -0.3 is 18.2 Å². The van der Waals surface area contributed by atoms with Crippen LogP contribution in [-0.2, 0) is 13.1 Å². The van der Waals surface area contributed by atoms with E-state index in [9.17, 15) is 0 Å². The van der Waals surface area contributed by atoms with Crippen LogP contribution in [0.1, 0.15) is 30.7 Å². The summed E-state index contributed by atoms with van der Waals surface area (Å²) in [6.45, 7) is 6.25. The van der Waals surface area contributed by atoms with E-state index < -0.39 is 0 Å². The predicted octanol–water partition coefficient (Wildman–Crippen LogP) is 2.68. The smallest absolute Gasteiger partial charge is 0.283 e. The molecule has 0 spiro atoms. The number of hydrogen-bond donors (Lipinski definition) is 1. The van der Waals surface area contributed by atoms with Crippen LogP contribution in [-0.4, -0.2) is 26.9 Å². The van der Waals surface area contributed by atoms with Crippen molar-refractivity contribution in [1.29, 1.82) is 0 Å². The molecule has 1 aromatic carbocycles. The predicted molar refractivity (Wildman–Crippen MR) is 100.0 cm³/mol. The average Bonchev–Trinajstić information content (AvgIpc) is 3.44. The van der Waals surface area contributed by atoms with Crippen LogP contribution >= 0.6 is 0 Å². The van der Waals surface area contributed by atoms with Gasteiger partial charge in [0.25, 0.3) is 17.7 Å². The highest BCUT2D eigenvalue weighted by Gasteiger charge is 2.20. The average molecular weight is 380 g/mol. The standard InChI is InChI=1S/C20H21N5O3/c1-3-9-25(13-18-22-24-20(28-18)16-8-5-10-26-16)12-17-21-23-19(27-17)15-7-4-6-14(2)11-15/h4-8,10-11H,3,9,12-13H2,1-2H3/p+1. The summed E-state index contributed by atoms with van der Waals surface area (Å²) in [6, 6.07) is 11.6. The molecule has 28 heavy (non-hydrogen) atoms. The van der Waals surface area contributed by atoms with Gasteiger partial charge in [-0.05, 0) is 37.6 Å². The van der Waals surface area contributed by atoms with Crippen LogP contribution in [0.25, 0.3) is 23.1 Å². The Balaban J connectivity index is 1.45. The summed E-state index contributed by atoms with van der Waals surface area (Å²) in [4.78, 5) is 1.21.